The Morgan fingerprint density at radius 2 is 1.68 bits per heavy atom. The normalized spacial score (nSPS) is 12.7. The Balaban J connectivity index is 2.54. The number of nitrogens with two attached hydrogens (primary N) is 1. The van der Waals surface area contributed by atoms with Crippen LogP contribution in [0, 0.1) is 20.8 Å². The summed E-state index contributed by atoms with van der Waals surface area (Å²) >= 11 is 0. The second-order valence-electron chi connectivity index (χ2n) is 5.37. The average Bonchev–Trinajstić information content (AvgIpc) is 2.69. The number of fused-ring (bicyclic) bond motifs is 3. The number of anilines is 1. The van der Waals surface area contributed by atoms with E-state index < -0.39 is 0 Å². The molecule has 3 heteroatoms. The molecule has 0 aliphatic heterocycles. The number of nitrogen functional groups attached to an aromatic ring is 1. The van der Waals surface area contributed by atoms with Crippen LogP contribution in [0.5, 0.6) is 0 Å². The lowest BCUT2D eigenvalue weighted by Gasteiger charge is -2.15. The predicted octanol–water partition coefficient (Wildman–Crippen LogP) is 1.40. The van der Waals surface area contributed by atoms with E-state index in [0.717, 1.165) is 49.3 Å². The first-order valence-corrected chi connectivity index (χ1v) is 7.49. The van der Waals surface area contributed by atoms with Crippen molar-refractivity contribution in [2.45, 2.75) is 20.8 Å². The first-order chi connectivity index (χ1) is 8.95. The summed E-state index contributed by atoms with van der Waals surface area (Å²) in [5, 5.41) is 1.20. The predicted molar refractivity (Wildman–Crippen MR) is 83.5 cm³/mol. The minimum Gasteiger partial charge on any atom is -0.398 e. The lowest BCUT2D eigenvalue weighted by atomic mass is 9.94. The van der Waals surface area contributed by atoms with Crippen molar-refractivity contribution in [1.29, 1.82) is 0 Å². The number of benzene rings is 2. The van der Waals surface area contributed by atoms with Gasteiger partial charge in [-0.1, -0.05) is 23.4 Å². The molecule has 0 spiro atoms. The summed E-state index contributed by atoms with van der Waals surface area (Å²) in [5.41, 5.74) is 14.2. The average molecular weight is 267 g/mol. The van der Waals surface area contributed by atoms with Crippen LogP contribution in [0.3, 0.4) is 0 Å². The molecule has 2 nitrogen and oxygen atoms in total. The molecule has 0 saturated heterocycles. The van der Waals surface area contributed by atoms with E-state index in [4.69, 9.17) is 5.73 Å². The van der Waals surface area contributed by atoms with E-state index in [0.29, 0.717) is 0 Å². The standard InChI is InChI=1S/C16H17NOSi/c1-7-5-4-6-10-11(7)12-13(15(10)18)16(19)9(3)8(2)14(12)17/h4-6H,17H2,1-3,19H3. The summed E-state index contributed by atoms with van der Waals surface area (Å²) in [6, 6.07) is 5.90. The van der Waals surface area contributed by atoms with Gasteiger partial charge in [-0.2, -0.15) is 0 Å². The number of hydrogen-bond acceptors (Lipinski definition) is 2. The Labute approximate surface area is 116 Å². The summed E-state index contributed by atoms with van der Waals surface area (Å²) in [5.74, 6) is 0.147. The van der Waals surface area contributed by atoms with E-state index >= 15 is 0 Å². The van der Waals surface area contributed by atoms with Crippen molar-refractivity contribution < 1.29 is 4.79 Å². The highest BCUT2D eigenvalue weighted by atomic mass is 28.1. The summed E-state index contributed by atoms with van der Waals surface area (Å²) in [6.45, 7) is 6.16. The van der Waals surface area contributed by atoms with Crippen molar-refractivity contribution in [3.05, 3.63) is 46.0 Å². The molecule has 0 fully saturated rings. The lowest BCUT2D eigenvalue weighted by molar-refractivity contribution is 0.104. The number of ketones is 1. The first-order valence-electron chi connectivity index (χ1n) is 6.49. The van der Waals surface area contributed by atoms with Crippen molar-refractivity contribution in [2.24, 2.45) is 0 Å². The van der Waals surface area contributed by atoms with Crippen LogP contribution >= 0.6 is 0 Å². The zero-order valence-electron chi connectivity index (χ0n) is 11.7. The molecule has 0 atom stereocenters. The number of aryl methyl sites for hydroxylation is 1. The van der Waals surface area contributed by atoms with E-state index in [9.17, 15) is 4.79 Å². The zero-order valence-corrected chi connectivity index (χ0v) is 13.7. The van der Waals surface area contributed by atoms with Gasteiger partial charge in [-0.3, -0.25) is 4.79 Å². The van der Waals surface area contributed by atoms with Crippen LogP contribution in [0.25, 0.3) is 11.1 Å². The third-order valence-corrected chi connectivity index (χ3v) is 5.67. The van der Waals surface area contributed by atoms with Gasteiger partial charge in [0, 0.05) is 32.6 Å². The maximum absolute atomic E-state index is 12.6. The highest BCUT2D eigenvalue weighted by Gasteiger charge is 2.32. The Kier molecular flexibility index (Phi) is 2.44. The van der Waals surface area contributed by atoms with Gasteiger partial charge in [-0.05, 0) is 43.0 Å². The topological polar surface area (TPSA) is 43.1 Å². The van der Waals surface area contributed by atoms with Gasteiger partial charge in [-0.15, -0.1) is 0 Å². The Bertz CT molecular complexity index is 747. The van der Waals surface area contributed by atoms with Gasteiger partial charge in [0.2, 0.25) is 0 Å². The van der Waals surface area contributed by atoms with Crippen molar-refractivity contribution in [1.82, 2.24) is 0 Å². The molecule has 0 unspecified atom stereocenters. The number of hydrogen-bond donors (Lipinski definition) is 1. The third kappa shape index (κ3) is 1.39. The van der Waals surface area contributed by atoms with Crippen molar-refractivity contribution in [2.75, 3.05) is 5.73 Å². The zero-order chi connectivity index (χ0) is 13.9. The van der Waals surface area contributed by atoms with Gasteiger partial charge in [0.05, 0.1) is 0 Å². The molecule has 0 bridgehead atoms. The molecule has 19 heavy (non-hydrogen) atoms. The second-order valence-corrected chi connectivity index (χ2v) is 6.37. The van der Waals surface area contributed by atoms with Crippen LogP contribution < -0.4 is 10.9 Å². The molecule has 0 heterocycles. The maximum Gasteiger partial charge on any atom is 0.194 e. The second kappa shape index (κ2) is 3.81. The van der Waals surface area contributed by atoms with Gasteiger partial charge in [0.1, 0.15) is 0 Å². The van der Waals surface area contributed by atoms with Crippen LogP contribution in [0.2, 0.25) is 0 Å². The van der Waals surface area contributed by atoms with E-state index in [1.807, 2.05) is 32.0 Å². The highest BCUT2D eigenvalue weighted by Crippen LogP contribution is 2.43. The summed E-state index contributed by atoms with van der Waals surface area (Å²) in [7, 11) is 0.865. The van der Waals surface area contributed by atoms with E-state index in [2.05, 4.69) is 6.92 Å². The first kappa shape index (κ1) is 12.2. The molecule has 0 radical (unpaired) electrons. The molecule has 2 aromatic carbocycles. The highest BCUT2D eigenvalue weighted by molar-refractivity contribution is 6.42. The number of carbonyl (C=O) groups excluding carboxylic acids is 1. The molecule has 0 amide bonds. The van der Waals surface area contributed by atoms with Crippen molar-refractivity contribution in [3.8, 4) is 11.1 Å². The van der Waals surface area contributed by atoms with Gasteiger partial charge < -0.3 is 5.73 Å². The molecule has 1 aliphatic rings. The van der Waals surface area contributed by atoms with Crippen molar-refractivity contribution in [3.63, 3.8) is 0 Å². The minimum absolute atomic E-state index is 0.147. The molecule has 2 aromatic rings. The fraction of sp³-hybridized carbons (Fsp3) is 0.188. The quantitative estimate of drug-likeness (QED) is 0.494. The summed E-state index contributed by atoms with van der Waals surface area (Å²) in [4.78, 5) is 12.6. The molecule has 3 rings (SSSR count). The van der Waals surface area contributed by atoms with Crippen LogP contribution in [-0.2, 0) is 0 Å². The fourth-order valence-corrected chi connectivity index (χ4v) is 3.90. The Hall–Kier alpha value is -1.87. The SMILES string of the molecule is Cc1cccc2c1-c1c(N)c(C)c(C)c([SiH3])c1C2=O. The summed E-state index contributed by atoms with van der Waals surface area (Å²) in [6.07, 6.45) is 0. The maximum atomic E-state index is 12.6. The van der Waals surface area contributed by atoms with Crippen LogP contribution in [0.4, 0.5) is 5.69 Å². The van der Waals surface area contributed by atoms with Crippen molar-refractivity contribution >= 4 is 26.9 Å². The van der Waals surface area contributed by atoms with Crippen LogP contribution in [0.1, 0.15) is 32.6 Å². The number of carbonyl (C=O) groups is 1. The monoisotopic (exact) mass is 267 g/mol. The smallest absolute Gasteiger partial charge is 0.194 e. The van der Waals surface area contributed by atoms with Gasteiger partial charge >= 0.3 is 0 Å². The van der Waals surface area contributed by atoms with E-state index in [1.54, 1.807) is 0 Å². The summed E-state index contributed by atoms with van der Waals surface area (Å²) < 4.78 is 0. The fourth-order valence-electron chi connectivity index (χ4n) is 3.05. The Morgan fingerprint density at radius 1 is 1.00 bits per heavy atom. The molecule has 1 aliphatic carbocycles. The minimum atomic E-state index is 0.147. The van der Waals surface area contributed by atoms with E-state index in [-0.39, 0.29) is 5.78 Å². The van der Waals surface area contributed by atoms with Gasteiger partial charge in [0.25, 0.3) is 0 Å². The molecule has 2 N–H and O–H groups in total. The number of rotatable bonds is 0. The lowest BCUT2D eigenvalue weighted by Crippen LogP contribution is -2.20. The largest absolute Gasteiger partial charge is 0.398 e. The molecular formula is C16H17NOSi. The van der Waals surface area contributed by atoms with E-state index in [1.165, 1.54) is 10.8 Å². The third-order valence-electron chi connectivity index (χ3n) is 4.42. The Morgan fingerprint density at radius 3 is 2.37 bits per heavy atom. The molecular weight excluding hydrogens is 250 g/mol. The van der Waals surface area contributed by atoms with Crippen LogP contribution in [-0.4, -0.2) is 16.0 Å². The van der Waals surface area contributed by atoms with Crippen LogP contribution in [0.15, 0.2) is 18.2 Å². The van der Waals surface area contributed by atoms with Gasteiger partial charge in [0.15, 0.2) is 5.78 Å². The van der Waals surface area contributed by atoms with Gasteiger partial charge in [-0.25, -0.2) is 0 Å². The molecule has 0 saturated carbocycles. The molecule has 96 valence electrons. The molecule has 0 aromatic heterocycles.